The summed E-state index contributed by atoms with van der Waals surface area (Å²) >= 11 is 0. The van der Waals surface area contributed by atoms with Crippen LogP contribution in [-0.4, -0.2) is 20.9 Å². The molecule has 33 heavy (non-hydrogen) atoms. The number of nitrogens with two attached hydrogens (primary N) is 1. The predicted octanol–water partition coefficient (Wildman–Crippen LogP) is 5.51. The molecule has 0 saturated carbocycles. The molecule has 0 aliphatic rings. The van der Waals surface area contributed by atoms with E-state index in [1.807, 2.05) is 35.9 Å². The number of ether oxygens (including phenoxy) is 1. The summed E-state index contributed by atoms with van der Waals surface area (Å²) in [6.45, 7) is 6.42. The van der Waals surface area contributed by atoms with Gasteiger partial charge in [-0.15, -0.1) is 0 Å². The Hall–Kier alpha value is -3.64. The summed E-state index contributed by atoms with van der Waals surface area (Å²) in [6.07, 6.45) is -0.0859. The van der Waals surface area contributed by atoms with Gasteiger partial charge in [0.05, 0.1) is 11.9 Å². The van der Waals surface area contributed by atoms with Crippen molar-refractivity contribution in [3.63, 3.8) is 0 Å². The van der Waals surface area contributed by atoms with Crippen LogP contribution in [0.25, 0.3) is 22.0 Å². The van der Waals surface area contributed by atoms with E-state index < -0.39 is 5.97 Å². The Kier molecular flexibility index (Phi) is 6.47. The van der Waals surface area contributed by atoms with Crippen molar-refractivity contribution < 1.29 is 14.6 Å². The third-order valence-corrected chi connectivity index (χ3v) is 5.70. The molecule has 0 amide bonds. The highest BCUT2D eigenvalue weighted by Crippen LogP contribution is 2.30. The number of aliphatic carboxylic acids is 1. The van der Waals surface area contributed by atoms with Crippen LogP contribution < -0.4 is 10.5 Å². The third-order valence-electron chi connectivity index (χ3n) is 5.70. The second-order valence-corrected chi connectivity index (χ2v) is 8.60. The standard InChI is InChI=1S/C27H29N3O3/c1-17(2)30-25-12-11-21(20-9-6-8-19(13-20)18(3)28)14-23(25)24(29-30)16-33-26-10-5-4-7-22(26)15-27(31)32/h4-14,17-18H,15-16,28H2,1-3H3,(H,31,32). The number of fused-ring (bicyclic) bond motifs is 1. The van der Waals surface area contributed by atoms with Crippen molar-refractivity contribution in [3.05, 3.63) is 83.6 Å². The smallest absolute Gasteiger partial charge is 0.307 e. The van der Waals surface area contributed by atoms with Crippen LogP contribution in [0.2, 0.25) is 0 Å². The zero-order valence-electron chi connectivity index (χ0n) is 19.2. The first-order valence-electron chi connectivity index (χ1n) is 11.1. The Labute approximate surface area is 193 Å². The fourth-order valence-corrected chi connectivity index (χ4v) is 3.99. The molecule has 3 aromatic carbocycles. The van der Waals surface area contributed by atoms with E-state index in [-0.39, 0.29) is 25.1 Å². The zero-order valence-corrected chi connectivity index (χ0v) is 19.2. The molecule has 0 aliphatic heterocycles. The topological polar surface area (TPSA) is 90.4 Å². The summed E-state index contributed by atoms with van der Waals surface area (Å²) in [7, 11) is 0. The van der Waals surface area contributed by atoms with Crippen molar-refractivity contribution in [3.8, 4) is 16.9 Å². The highest BCUT2D eigenvalue weighted by Gasteiger charge is 2.16. The summed E-state index contributed by atoms with van der Waals surface area (Å²) in [5.74, 6) is -0.327. The lowest BCUT2D eigenvalue weighted by Crippen LogP contribution is -2.06. The summed E-state index contributed by atoms with van der Waals surface area (Å²) in [6, 6.07) is 22.0. The molecular weight excluding hydrogens is 414 g/mol. The molecule has 1 atom stereocenters. The molecular formula is C27H29N3O3. The van der Waals surface area contributed by atoms with E-state index >= 15 is 0 Å². The fraction of sp³-hybridized carbons (Fsp3) is 0.259. The number of nitrogens with zero attached hydrogens (tertiary/aromatic N) is 2. The summed E-state index contributed by atoms with van der Waals surface area (Å²) < 4.78 is 8.07. The van der Waals surface area contributed by atoms with E-state index in [0.29, 0.717) is 11.3 Å². The minimum atomic E-state index is -0.890. The summed E-state index contributed by atoms with van der Waals surface area (Å²) in [4.78, 5) is 11.2. The summed E-state index contributed by atoms with van der Waals surface area (Å²) in [5.41, 5.74) is 11.8. The van der Waals surface area contributed by atoms with Gasteiger partial charge in [0.25, 0.3) is 0 Å². The highest BCUT2D eigenvalue weighted by molar-refractivity contribution is 5.87. The minimum absolute atomic E-state index is 0.0350. The second kappa shape index (κ2) is 9.46. The van der Waals surface area contributed by atoms with Gasteiger partial charge in [-0.3, -0.25) is 9.48 Å². The third kappa shape index (κ3) is 4.91. The van der Waals surface area contributed by atoms with Crippen molar-refractivity contribution in [1.82, 2.24) is 9.78 Å². The van der Waals surface area contributed by atoms with Crippen LogP contribution >= 0.6 is 0 Å². The molecule has 1 heterocycles. The van der Waals surface area contributed by atoms with Crippen LogP contribution in [0.1, 0.15) is 49.7 Å². The molecule has 4 rings (SSSR count). The quantitative estimate of drug-likeness (QED) is 0.375. The van der Waals surface area contributed by atoms with E-state index in [2.05, 4.69) is 44.2 Å². The van der Waals surface area contributed by atoms with Gasteiger partial charge in [-0.1, -0.05) is 42.5 Å². The Morgan fingerprint density at radius 1 is 1.03 bits per heavy atom. The Balaban J connectivity index is 1.72. The first-order chi connectivity index (χ1) is 15.8. The molecule has 6 heteroatoms. The molecule has 6 nitrogen and oxygen atoms in total. The molecule has 0 bridgehead atoms. The van der Waals surface area contributed by atoms with Gasteiger partial charge in [0, 0.05) is 23.0 Å². The molecule has 0 radical (unpaired) electrons. The number of carbonyl (C=O) groups is 1. The highest BCUT2D eigenvalue weighted by atomic mass is 16.5. The lowest BCUT2D eigenvalue weighted by molar-refractivity contribution is -0.136. The van der Waals surface area contributed by atoms with Crippen LogP contribution in [-0.2, 0) is 17.8 Å². The van der Waals surface area contributed by atoms with Crippen molar-refractivity contribution in [2.45, 2.75) is 45.9 Å². The number of carboxylic acid groups (broad SMARTS) is 1. The van der Waals surface area contributed by atoms with E-state index in [9.17, 15) is 9.90 Å². The van der Waals surface area contributed by atoms with E-state index in [1.54, 1.807) is 12.1 Å². The molecule has 1 unspecified atom stereocenters. The van der Waals surface area contributed by atoms with Gasteiger partial charge in [0.2, 0.25) is 0 Å². The van der Waals surface area contributed by atoms with Gasteiger partial charge in [-0.2, -0.15) is 5.10 Å². The molecule has 4 aromatic rings. The zero-order chi connectivity index (χ0) is 23.5. The van der Waals surface area contributed by atoms with Crippen molar-refractivity contribution >= 4 is 16.9 Å². The van der Waals surface area contributed by atoms with Crippen LogP contribution in [0, 0.1) is 0 Å². The van der Waals surface area contributed by atoms with Gasteiger partial charge in [0.1, 0.15) is 18.1 Å². The number of hydrogen-bond acceptors (Lipinski definition) is 4. The molecule has 0 aliphatic carbocycles. The first kappa shape index (κ1) is 22.6. The predicted molar refractivity (Wildman–Crippen MR) is 130 cm³/mol. The summed E-state index contributed by atoms with van der Waals surface area (Å²) in [5, 5.41) is 15.0. The molecule has 0 saturated heterocycles. The molecule has 0 fully saturated rings. The number of hydrogen-bond donors (Lipinski definition) is 2. The average Bonchev–Trinajstić information content (AvgIpc) is 3.16. The van der Waals surface area contributed by atoms with Gasteiger partial charge >= 0.3 is 5.97 Å². The number of para-hydroxylation sites is 1. The number of aromatic nitrogens is 2. The van der Waals surface area contributed by atoms with Gasteiger partial charge < -0.3 is 15.6 Å². The number of rotatable bonds is 8. The van der Waals surface area contributed by atoms with Crippen molar-refractivity contribution in [1.29, 1.82) is 0 Å². The average molecular weight is 444 g/mol. The first-order valence-corrected chi connectivity index (χ1v) is 11.1. The molecule has 0 spiro atoms. The van der Waals surface area contributed by atoms with Crippen LogP contribution in [0.4, 0.5) is 0 Å². The van der Waals surface area contributed by atoms with E-state index in [1.165, 1.54) is 0 Å². The van der Waals surface area contributed by atoms with Gasteiger partial charge in [0.15, 0.2) is 0 Å². The van der Waals surface area contributed by atoms with Crippen LogP contribution in [0.15, 0.2) is 66.7 Å². The second-order valence-electron chi connectivity index (χ2n) is 8.60. The van der Waals surface area contributed by atoms with E-state index in [4.69, 9.17) is 15.6 Å². The lowest BCUT2D eigenvalue weighted by atomic mass is 9.99. The van der Waals surface area contributed by atoms with Crippen LogP contribution in [0.3, 0.4) is 0 Å². The number of carboxylic acids is 1. The molecule has 1 aromatic heterocycles. The molecule has 170 valence electrons. The van der Waals surface area contributed by atoms with Crippen molar-refractivity contribution in [2.75, 3.05) is 0 Å². The number of benzene rings is 3. The van der Waals surface area contributed by atoms with Crippen molar-refractivity contribution in [2.24, 2.45) is 5.73 Å². The van der Waals surface area contributed by atoms with Gasteiger partial charge in [-0.25, -0.2) is 0 Å². The fourth-order valence-electron chi connectivity index (χ4n) is 3.99. The monoisotopic (exact) mass is 443 g/mol. The van der Waals surface area contributed by atoms with E-state index in [0.717, 1.165) is 33.3 Å². The maximum atomic E-state index is 11.2. The minimum Gasteiger partial charge on any atom is -0.487 e. The Morgan fingerprint density at radius 3 is 2.52 bits per heavy atom. The lowest BCUT2D eigenvalue weighted by Gasteiger charge is -2.10. The Bertz CT molecular complexity index is 1290. The molecule has 3 N–H and O–H groups in total. The largest absolute Gasteiger partial charge is 0.487 e. The maximum absolute atomic E-state index is 11.2. The van der Waals surface area contributed by atoms with Crippen LogP contribution in [0.5, 0.6) is 5.75 Å². The normalized spacial score (nSPS) is 12.3. The Morgan fingerprint density at radius 2 is 1.79 bits per heavy atom. The SMILES string of the molecule is CC(N)c1cccc(-c2ccc3c(c2)c(COc2ccccc2CC(=O)O)nn3C(C)C)c1. The maximum Gasteiger partial charge on any atom is 0.307 e. The van der Waals surface area contributed by atoms with Gasteiger partial charge in [-0.05, 0) is 61.7 Å².